The van der Waals surface area contributed by atoms with Crippen molar-refractivity contribution in [1.82, 2.24) is 30.2 Å². The van der Waals surface area contributed by atoms with Gasteiger partial charge in [0, 0.05) is 31.2 Å². The van der Waals surface area contributed by atoms with Crippen LogP contribution in [0.25, 0.3) is 16.9 Å². The van der Waals surface area contributed by atoms with E-state index in [0.717, 1.165) is 10.8 Å². The number of carbonyl (C=O) groups excluding carboxylic acids is 2. The molecule has 0 radical (unpaired) electrons. The number of aromatic nitrogens is 4. The summed E-state index contributed by atoms with van der Waals surface area (Å²) >= 11 is 0. The van der Waals surface area contributed by atoms with Gasteiger partial charge in [0.25, 0.3) is 5.91 Å². The number of hydrogen-bond donors (Lipinski definition) is 3. The van der Waals surface area contributed by atoms with Crippen LogP contribution in [0.4, 0.5) is 13.2 Å². The first kappa shape index (κ1) is 24.7. The van der Waals surface area contributed by atoms with Crippen molar-refractivity contribution in [3.8, 4) is 16.9 Å². The number of imidazole rings is 1. The first-order chi connectivity index (χ1) is 17.1. The number of benzene rings is 2. The zero-order chi connectivity index (χ0) is 25.9. The van der Waals surface area contributed by atoms with Gasteiger partial charge in [-0.3, -0.25) is 20.4 Å². The van der Waals surface area contributed by atoms with Gasteiger partial charge in [0.1, 0.15) is 5.69 Å². The Labute approximate surface area is 203 Å². The molecule has 2 amide bonds. The lowest BCUT2D eigenvalue weighted by molar-refractivity contribution is -0.271. The maximum absolute atomic E-state index is 13.7. The van der Waals surface area contributed by atoms with Gasteiger partial charge >= 0.3 is 6.18 Å². The minimum Gasteiger partial charge on any atom is -0.374 e. The molecule has 0 aliphatic heterocycles. The van der Waals surface area contributed by atoms with E-state index in [0.29, 0.717) is 16.9 Å². The lowest BCUT2D eigenvalue weighted by Crippen LogP contribution is -2.50. The molecule has 186 valence electrons. The van der Waals surface area contributed by atoms with Crippen molar-refractivity contribution in [3.05, 3.63) is 90.6 Å². The summed E-state index contributed by atoms with van der Waals surface area (Å²) in [6.07, 6.45) is -2.90. The van der Waals surface area contributed by atoms with Gasteiger partial charge in [0.15, 0.2) is 5.82 Å². The number of amides is 2. The van der Waals surface area contributed by atoms with E-state index in [4.69, 9.17) is 0 Å². The van der Waals surface area contributed by atoms with Crippen molar-refractivity contribution in [2.24, 2.45) is 7.05 Å². The van der Waals surface area contributed by atoms with Gasteiger partial charge in [0.05, 0.1) is 17.7 Å². The highest BCUT2D eigenvalue weighted by Crippen LogP contribution is 2.40. The molecular weight excluding hydrogens is 477 g/mol. The maximum Gasteiger partial charge on any atom is 0.425 e. The molecule has 0 bridgehead atoms. The second-order valence-electron chi connectivity index (χ2n) is 7.94. The zero-order valence-corrected chi connectivity index (χ0v) is 18.9. The van der Waals surface area contributed by atoms with Crippen molar-refractivity contribution in [2.75, 3.05) is 0 Å². The number of carbonyl (C=O) groups is 2. The number of hydrogen-bond acceptors (Lipinski definition) is 5. The Bertz CT molecular complexity index is 1370. The highest BCUT2D eigenvalue weighted by molar-refractivity contribution is 6.00. The predicted octanol–water partition coefficient (Wildman–Crippen LogP) is 2.87. The number of para-hydroxylation sites is 1. The summed E-state index contributed by atoms with van der Waals surface area (Å²) in [7, 11) is 1.26. The normalized spacial score (nSPS) is 13.1. The lowest BCUT2D eigenvalue weighted by Gasteiger charge is -2.29. The molecule has 2 aromatic heterocycles. The first-order valence-electron chi connectivity index (χ1n) is 10.7. The number of halogens is 3. The average molecular weight is 498 g/mol. The van der Waals surface area contributed by atoms with Crippen LogP contribution in [0, 0.1) is 0 Å². The molecule has 36 heavy (non-hydrogen) atoms. The van der Waals surface area contributed by atoms with E-state index < -0.39 is 35.8 Å². The smallest absolute Gasteiger partial charge is 0.374 e. The van der Waals surface area contributed by atoms with Gasteiger partial charge in [-0.25, -0.2) is 9.67 Å². The summed E-state index contributed by atoms with van der Waals surface area (Å²) in [6, 6.07) is 17.8. The summed E-state index contributed by atoms with van der Waals surface area (Å²) in [5.41, 5.74) is 2.15. The van der Waals surface area contributed by atoms with Crippen LogP contribution in [0.2, 0.25) is 0 Å². The monoisotopic (exact) mass is 498 g/mol. The van der Waals surface area contributed by atoms with Crippen LogP contribution in [0.3, 0.4) is 0 Å². The van der Waals surface area contributed by atoms with Crippen LogP contribution in [0.5, 0.6) is 0 Å². The third-order valence-electron chi connectivity index (χ3n) is 5.42. The number of hydrazine groups is 1. The summed E-state index contributed by atoms with van der Waals surface area (Å²) in [5, 5.41) is 14.8. The van der Waals surface area contributed by atoms with E-state index >= 15 is 0 Å². The van der Waals surface area contributed by atoms with E-state index in [-0.39, 0.29) is 5.56 Å². The number of rotatable bonds is 6. The molecule has 0 fully saturated rings. The van der Waals surface area contributed by atoms with Crippen molar-refractivity contribution in [2.45, 2.75) is 18.2 Å². The van der Waals surface area contributed by atoms with Crippen LogP contribution in [-0.2, 0) is 17.4 Å². The maximum atomic E-state index is 13.7. The molecule has 0 aliphatic carbocycles. The Kier molecular flexibility index (Phi) is 6.62. The zero-order valence-electron chi connectivity index (χ0n) is 18.9. The van der Waals surface area contributed by atoms with Crippen LogP contribution in [-0.4, -0.2) is 42.4 Å². The highest BCUT2D eigenvalue weighted by atomic mass is 19.4. The molecule has 4 aromatic rings. The third-order valence-corrected chi connectivity index (χ3v) is 5.42. The van der Waals surface area contributed by atoms with Gasteiger partial charge < -0.3 is 9.67 Å². The number of alkyl halides is 3. The van der Waals surface area contributed by atoms with Crippen LogP contribution in [0.15, 0.2) is 79.3 Å². The van der Waals surface area contributed by atoms with Gasteiger partial charge in [-0.2, -0.15) is 18.3 Å². The van der Waals surface area contributed by atoms with Gasteiger partial charge in [-0.1, -0.05) is 48.5 Å². The van der Waals surface area contributed by atoms with E-state index in [2.05, 4.69) is 15.5 Å². The first-order valence-corrected chi connectivity index (χ1v) is 10.7. The highest BCUT2D eigenvalue weighted by Gasteiger charge is 2.58. The fourth-order valence-electron chi connectivity index (χ4n) is 3.60. The molecule has 1 atom stereocenters. The molecule has 0 spiro atoms. The standard InChI is InChI=1S/C24H21F3N6O3/c1-32-13-12-28-22(32)23(36,24(25,26)27)14-19(34)29-30-21(35)18-15-33(17-10-6-3-7-11-17)31-20(18)16-8-4-2-5-9-16/h2-13,15,36H,14H2,1H3,(H,29,34)(H,30,35). The van der Waals surface area contributed by atoms with Gasteiger partial charge in [-0.05, 0) is 12.1 Å². The van der Waals surface area contributed by atoms with E-state index in [1.54, 1.807) is 54.6 Å². The van der Waals surface area contributed by atoms with E-state index in [1.165, 1.54) is 24.1 Å². The Balaban J connectivity index is 1.56. The quantitative estimate of drug-likeness (QED) is 0.354. The van der Waals surface area contributed by atoms with Gasteiger partial charge in [-0.15, -0.1) is 0 Å². The summed E-state index contributed by atoms with van der Waals surface area (Å²) in [4.78, 5) is 28.9. The molecule has 0 saturated carbocycles. The summed E-state index contributed by atoms with van der Waals surface area (Å²) < 4.78 is 43.5. The fraction of sp³-hybridized carbons (Fsp3) is 0.167. The van der Waals surface area contributed by atoms with E-state index in [1.807, 2.05) is 11.5 Å². The predicted molar refractivity (Wildman–Crippen MR) is 122 cm³/mol. The molecule has 0 aliphatic rings. The van der Waals surface area contributed by atoms with Crippen molar-refractivity contribution < 1.29 is 27.9 Å². The Morgan fingerprint density at radius 2 is 1.64 bits per heavy atom. The molecule has 0 saturated heterocycles. The number of nitrogens with one attached hydrogen (secondary N) is 2. The number of nitrogens with zero attached hydrogens (tertiary/aromatic N) is 4. The minimum absolute atomic E-state index is 0.0699. The molecule has 2 heterocycles. The minimum atomic E-state index is -5.20. The topological polar surface area (TPSA) is 114 Å². The summed E-state index contributed by atoms with van der Waals surface area (Å²) in [5.74, 6) is -2.84. The summed E-state index contributed by atoms with van der Waals surface area (Å²) in [6.45, 7) is 0. The Morgan fingerprint density at radius 1 is 1.00 bits per heavy atom. The number of aryl methyl sites for hydroxylation is 1. The second kappa shape index (κ2) is 9.66. The largest absolute Gasteiger partial charge is 0.425 e. The molecule has 9 nitrogen and oxygen atoms in total. The Morgan fingerprint density at radius 3 is 2.22 bits per heavy atom. The third kappa shape index (κ3) is 4.84. The average Bonchev–Trinajstić information content (AvgIpc) is 3.50. The molecule has 2 aromatic carbocycles. The number of aliphatic hydroxyl groups is 1. The molecular formula is C24H21F3N6O3. The fourth-order valence-corrected chi connectivity index (χ4v) is 3.60. The van der Waals surface area contributed by atoms with Crippen molar-refractivity contribution in [3.63, 3.8) is 0 Å². The molecule has 12 heteroatoms. The second-order valence-corrected chi connectivity index (χ2v) is 7.94. The van der Waals surface area contributed by atoms with Crippen LogP contribution in [0.1, 0.15) is 22.6 Å². The van der Waals surface area contributed by atoms with Gasteiger partial charge in [0.2, 0.25) is 11.5 Å². The van der Waals surface area contributed by atoms with Crippen LogP contribution < -0.4 is 10.9 Å². The molecule has 3 N–H and O–H groups in total. The Hall–Kier alpha value is -4.45. The SMILES string of the molecule is Cn1ccnc1C(O)(CC(=O)NNC(=O)c1cn(-c2ccccc2)nc1-c1ccccc1)C(F)(F)F. The van der Waals surface area contributed by atoms with Crippen molar-refractivity contribution in [1.29, 1.82) is 0 Å². The molecule has 4 rings (SSSR count). The molecule has 1 unspecified atom stereocenters. The van der Waals surface area contributed by atoms with E-state index in [9.17, 15) is 27.9 Å². The van der Waals surface area contributed by atoms with Crippen molar-refractivity contribution >= 4 is 11.8 Å². The lowest BCUT2D eigenvalue weighted by atomic mass is 9.97. The van der Waals surface area contributed by atoms with Crippen LogP contribution >= 0.6 is 0 Å².